The first-order valence-corrected chi connectivity index (χ1v) is 3.87. The van der Waals surface area contributed by atoms with E-state index in [1.165, 1.54) is 0 Å². The molecule has 0 saturated heterocycles. The monoisotopic (exact) mass is 163 g/mol. The Balaban J connectivity index is 3.57. The summed E-state index contributed by atoms with van der Waals surface area (Å²) in [7, 11) is 0. The molecule has 0 bridgehead atoms. The van der Waals surface area contributed by atoms with Crippen LogP contribution >= 0.6 is 0 Å². The van der Waals surface area contributed by atoms with Crippen molar-refractivity contribution >= 4 is 5.91 Å². The number of amides is 1. The number of carbonyl (C=O) groups is 1. The minimum absolute atomic E-state index is 0.0318. The van der Waals surface area contributed by atoms with Crippen LogP contribution in [0, 0.1) is 24.7 Å². The zero-order valence-corrected chi connectivity index (χ0v) is 7.26. The van der Waals surface area contributed by atoms with Gasteiger partial charge in [-0.05, 0) is 6.92 Å². The van der Waals surface area contributed by atoms with Crippen molar-refractivity contribution in [2.75, 3.05) is 0 Å². The molecular weight excluding hydrogens is 150 g/mol. The van der Waals surface area contributed by atoms with Gasteiger partial charge in [0.25, 0.3) is 0 Å². The molecule has 1 unspecified atom stereocenters. The van der Waals surface area contributed by atoms with Gasteiger partial charge in [-0.3, -0.25) is 4.79 Å². The fourth-order valence-corrected chi connectivity index (χ4v) is 0.760. The van der Waals surface area contributed by atoms with Crippen LogP contribution in [-0.2, 0) is 4.79 Å². The maximum Gasteiger partial charge on any atom is 0.221 e. The zero-order chi connectivity index (χ0) is 9.40. The van der Waals surface area contributed by atoms with Crippen LogP contribution in [0.5, 0.6) is 0 Å². The molecule has 0 saturated carbocycles. The van der Waals surface area contributed by atoms with E-state index in [4.69, 9.17) is 12.8 Å². The number of carbonyl (C=O) groups excluding carboxylic acids is 1. The average molecular weight is 163 g/mol. The van der Waals surface area contributed by atoms with Gasteiger partial charge in [-0.1, -0.05) is 0 Å². The quantitative estimate of drug-likeness (QED) is 0.614. The Bertz CT molecular complexity index is 219. The third-order valence-electron chi connectivity index (χ3n) is 1.33. The lowest BCUT2D eigenvalue weighted by Gasteiger charge is -2.09. The van der Waals surface area contributed by atoms with E-state index >= 15 is 0 Å². The van der Waals surface area contributed by atoms with Crippen LogP contribution < -0.4 is 5.32 Å². The highest BCUT2D eigenvalue weighted by molar-refractivity contribution is 5.76. The minimum Gasteiger partial charge on any atom is -0.353 e. The fraction of sp³-hybridized carbons (Fsp3) is 0.500. The number of terminal acetylenes is 2. The molecule has 0 aliphatic heterocycles. The average Bonchev–Trinajstić information content (AvgIpc) is 2.01. The van der Waals surface area contributed by atoms with Crippen molar-refractivity contribution in [1.82, 2.24) is 5.32 Å². The van der Waals surface area contributed by atoms with Crippen molar-refractivity contribution in [2.45, 2.75) is 32.2 Å². The van der Waals surface area contributed by atoms with E-state index in [0.717, 1.165) is 0 Å². The SMILES string of the molecule is C#CCCC(=O)NC(C)CC#C. The second-order valence-corrected chi connectivity index (χ2v) is 2.58. The first kappa shape index (κ1) is 10.6. The molecule has 0 aromatic heterocycles. The molecule has 2 heteroatoms. The van der Waals surface area contributed by atoms with E-state index in [9.17, 15) is 4.79 Å². The molecule has 0 aromatic rings. The van der Waals surface area contributed by atoms with Crippen molar-refractivity contribution in [3.05, 3.63) is 0 Å². The summed E-state index contributed by atoms with van der Waals surface area (Å²) in [6, 6.07) is 0.0419. The standard InChI is InChI=1S/C10H13NO/c1-4-6-8-10(12)11-9(3)7-5-2/h1-2,9H,6-8H2,3H3,(H,11,12). The Morgan fingerprint density at radius 1 is 1.50 bits per heavy atom. The highest BCUT2D eigenvalue weighted by Crippen LogP contribution is 1.91. The molecule has 2 nitrogen and oxygen atoms in total. The molecule has 0 fully saturated rings. The van der Waals surface area contributed by atoms with Crippen LogP contribution in [0.15, 0.2) is 0 Å². The molecular formula is C10H13NO. The van der Waals surface area contributed by atoms with Crippen LogP contribution in [-0.4, -0.2) is 11.9 Å². The third-order valence-corrected chi connectivity index (χ3v) is 1.33. The van der Waals surface area contributed by atoms with Crippen LogP contribution in [0.3, 0.4) is 0 Å². The Morgan fingerprint density at radius 3 is 2.67 bits per heavy atom. The topological polar surface area (TPSA) is 29.1 Å². The van der Waals surface area contributed by atoms with E-state index in [0.29, 0.717) is 19.3 Å². The van der Waals surface area contributed by atoms with Gasteiger partial charge in [-0.25, -0.2) is 0 Å². The van der Waals surface area contributed by atoms with Crippen LogP contribution in [0.1, 0.15) is 26.2 Å². The van der Waals surface area contributed by atoms with Crippen molar-refractivity contribution in [1.29, 1.82) is 0 Å². The lowest BCUT2D eigenvalue weighted by Crippen LogP contribution is -2.31. The molecule has 0 rings (SSSR count). The number of rotatable bonds is 4. The maximum absolute atomic E-state index is 11.0. The zero-order valence-electron chi connectivity index (χ0n) is 7.26. The second kappa shape index (κ2) is 6.31. The van der Waals surface area contributed by atoms with Gasteiger partial charge in [0.15, 0.2) is 0 Å². The number of nitrogens with one attached hydrogen (secondary N) is 1. The van der Waals surface area contributed by atoms with Crippen LogP contribution in [0.2, 0.25) is 0 Å². The van der Waals surface area contributed by atoms with Crippen molar-refractivity contribution in [3.8, 4) is 24.7 Å². The van der Waals surface area contributed by atoms with Gasteiger partial charge < -0.3 is 5.32 Å². The summed E-state index contributed by atoms with van der Waals surface area (Å²) in [5.41, 5.74) is 0. The molecule has 0 aliphatic carbocycles. The van der Waals surface area contributed by atoms with Gasteiger partial charge in [0.05, 0.1) is 0 Å². The van der Waals surface area contributed by atoms with Crippen LogP contribution in [0.25, 0.3) is 0 Å². The largest absolute Gasteiger partial charge is 0.353 e. The van der Waals surface area contributed by atoms with Gasteiger partial charge >= 0.3 is 0 Å². The minimum atomic E-state index is -0.0318. The first-order chi connectivity index (χ1) is 5.70. The summed E-state index contributed by atoms with van der Waals surface area (Å²) in [6.07, 6.45) is 11.5. The highest BCUT2D eigenvalue weighted by Gasteiger charge is 2.03. The summed E-state index contributed by atoms with van der Waals surface area (Å²) in [5, 5.41) is 2.74. The van der Waals surface area contributed by atoms with E-state index in [1.807, 2.05) is 6.92 Å². The smallest absolute Gasteiger partial charge is 0.221 e. The van der Waals surface area contributed by atoms with Gasteiger partial charge in [0.2, 0.25) is 5.91 Å². The van der Waals surface area contributed by atoms with Gasteiger partial charge in [-0.15, -0.1) is 24.7 Å². The van der Waals surface area contributed by atoms with Crippen LogP contribution in [0.4, 0.5) is 0 Å². The molecule has 0 radical (unpaired) electrons. The molecule has 1 amide bonds. The lowest BCUT2D eigenvalue weighted by atomic mass is 10.2. The van der Waals surface area contributed by atoms with E-state index in [-0.39, 0.29) is 11.9 Å². The molecule has 1 N–H and O–H groups in total. The first-order valence-electron chi connectivity index (χ1n) is 3.87. The molecule has 0 aromatic carbocycles. The summed E-state index contributed by atoms with van der Waals surface area (Å²) >= 11 is 0. The second-order valence-electron chi connectivity index (χ2n) is 2.58. The highest BCUT2D eigenvalue weighted by atomic mass is 16.1. The number of hydrogen-bond donors (Lipinski definition) is 1. The third kappa shape index (κ3) is 5.38. The van der Waals surface area contributed by atoms with Crippen molar-refractivity contribution in [2.24, 2.45) is 0 Å². The van der Waals surface area contributed by atoms with Gasteiger partial charge in [0.1, 0.15) is 0 Å². The van der Waals surface area contributed by atoms with E-state index in [2.05, 4.69) is 17.2 Å². The molecule has 0 spiro atoms. The van der Waals surface area contributed by atoms with Crippen molar-refractivity contribution in [3.63, 3.8) is 0 Å². The maximum atomic E-state index is 11.0. The fourth-order valence-electron chi connectivity index (χ4n) is 0.760. The normalized spacial score (nSPS) is 10.9. The van der Waals surface area contributed by atoms with Gasteiger partial charge in [0, 0.05) is 25.3 Å². The molecule has 64 valence electrons. The summed E-state index contributed by atoms with van der Waals surface area (Å²) in [4.78, 5) is 11.0. The Kier molecular flexibility index (Phi) is 5.57. The predicted octanol–water partition coefficient (Wildman–Crippen LogP) is 0.928. The summed E-state index contributed by atoms with van der Waals surface area (Å²) in [5.74, 6) is 4.84. The molecule has 12 heavy (non-hydrogen) atoms. The molecule has 1 atom stereocenters. The molecule has 0 heterocycles. The van der Waals surface area contributed by atoms with E-state index in [1.54, 1.807) is 0 Å². The Hall–Kier alpha value is -1.41. The molecule has 0 aliphatic rings. The number of hydrogen-bond acceptors (Lipinski definition) is 1. The predicted molar refractivity (Wildman–Crippen MR) is 49.1 cm³/mol. The Labute approximate surface area is 73.7 Å². The summed E-state index contributed by atoms with van der Waals surface area (Å²) < 4.78 is 0. The van der Waals surface area contributed by atoms with E-state index < -0.39 is 0 Å². The van der Waals surface area contributed by atoms with Gasteiger partial charge in [-0.2, -0.15) is 0 Å². The lowest BCUT2D eigenvalue weighted by molar-refractivity contribution is -0.121. The summed E-state index contributed by atoms with van der Waals surface area (Å²) in [6.45, 7) is 1.87. The van der Waals surface area contributed by atoms with Crippen molar-refractivity contribution < 1.29 is 4.79 Å². The Morgan fingerprint density at radius 2 is 2.17 bits per heavy atom.